The van der Waals surface area contributed by atoms with Crippen molar-refractivity contribution < 1.29 is 23.8 Å². The first-order chi connectivity index (χ1) is 9.93. The molecule has 0 saturated heterocycles. The highest BCUT2D eigenvalue weighted by atomic mass is 35.5. The fourth-order valence-electron chi connectivity index (χ4n) is 1.85. The van der Waals surface area contributed by atoms with Gasteiger partial charge >= 0.3 is 11.9 Å². The molecule has 21 heavy (non-hydrogen) atoms. The summed E-state index contributed by atoms with van der Waals surface area (Å²) in [5.41, 5.74) is 0.652. The third kappa shape index (κ3) is 3.03. The molecule has 0 spiro atoms. The van der Waals surface area contributed by atoms with Crippen LogP contribution in [0.15, 0.2) is 36.4 Å². The van der Waals surface area contributed by atoms with Crippen LogP contribution >= 0.6 is 11.6 Å². The molecule has 0 bridgehead atoms. The lowest BCUT2D eigenvalue weighted by Gasteiger charge is -2.07. The number of carbonyl (C=O) groups excluding carboxylic acids is 1. The summed E-state index contributed by atoms with van der Waals surface area (Å²) in [6.45, 7) is 0. The number of aromatic carboxylic acids is 1. The smallest absolute Gasteiger partial charge is 0.337 e. The van der Waals surface area contributed by atoms with Crippen molar-refractivity contribution in [1.29, 1.82) is 0 Å². The molecule has 0 saturated carbocycles. The molecule has 6 heteroatoms. The van der Waals surface area contributed by atoms with Gasteiger partial charge in [0.1, 0.15) is 5.82 Å². The van der Waals surface area contributed by atoms with E-state index in [9.17, 15) is 14.0 Å². The van der Waals surface area contributed by atoms with E-state index in [1.807, 2.05) is 0 Å². The van der Waals surface area contributed by atoms with E-state index < -0.39 is 17.8 Å². The van der Waals surface area contributed by atoms with E-state index in [0.29, 0.717) is 5.56 Å². The maximum Gasteiger partial charge on any atom is 0.337 e. The lowest BCUT2D eigenvalue weighted by atomic mass is 10.0. The molecule has 2 aromatic carbocycles. The Morgan fingerprint density at radius 3 is 2.43 bits per heavy atom. The first-order valence-corrected chi connectivity index (χ1v) is 6.23. The van der Waals surface area contributed by atoms with Crippen molar-refractivity contribution in [2.75, 3.05) is 7.11 Å². The van der Waals surface area contributed by atoms with Crippen molar-refractivity contribution in [3.63, 3.8) is 0 Å². The van der Waals surface area contributed by atoms with Gasteiger partial charge in [0.25, 0.3) is 0 Å². The lowest BCUT2D eigenvalue weighted by Crippen LogP contribution is -2.02. The topological polar surface area (TPSA) is 63.6 Å². The Hall–Kier alpha value is -2.40. The van der Waals surface area contributed by atoms with Crippen LogP contribution in [0.2, 0.25) is 5.02 Å². The van der Waals surface area contributed by atoms with E-state index in [4.69, 9.17) is 16.7 Å². The van der Waals surface area contributed by atoms with Gasteiger partial charge in [-0.3, -0.25) is 0 Å². The molecular formula is C15H10ClFO4. The second-order valence-corrected chi connectivity index (χ2v) is 4.59. The van der Waals surface area contributed by atoms with Crippen LogP contribution < -0.4 is 0 Å². The molecule has 0 heterocycles. The van der Waals surface area contributed by atoms with Crippen molar-refractivity contribution in [3.05, 3.63) is 58.4 Å². The molecule has 0 radical (unpaired) electrons. The van der Waals surface area contributed by atoms with Crippen LogP contribution in [-0.4, -0.2) is 24.2 Å². The summed E-state index contributed by atoms with van der Waals surface area (Å²) in [4.78, 5) is 22.2. The van der Waals surface area contributed by atoms with Gasteiger partial charge in [0.15, 0.2) is 0 Å². The lowest BCUT2D eigenvalue weighted by molar-refractivity contribution is 0.0599. The predicted octanol–water partition coefficient (Wildman–Crippen LogP) is 3.63. The summed E-state index contributed by atoms with van der Waals surface area (Å²) < 4.78 is 18.6. The molecule has 0 aliphatic heterocycles. The van der Waals surface area contributed by atoms with E-state index in [-0.39, 0.29) is 21.7 Å². The van der Waals surface area contributed by atoms with Gasteiger partial charge in [0, 0.05) is 5.56 Å². The molecule has 0 unspecified atom stereocenters. The molecule has 0 fully saturated rings. The maximum atomic E-state index is 14.1. The predicted molar refractivity (Wildman–Crippen MR) is 75.1 cm³/mol. The Morgan fingerprint density at radius 1 is 1.19 bits per heavy atom. The van der Waals surface area contributed by atoms with Crippen LogP contribution in [0.4, 0.5) is 4.39 Å². The third-order valence-corrected chi connectivity index (χ3v) is 3.21. The standard InChI is InChI=1S/C15H10ClFO4/c1-21-15(20)9-3-4-10(13(17)7-9)8-2-5-11(14(18)19)12(16)6-8/h2-7H,1H3,(H,18,19). The molecule has 0 aliphatic rings. The Morgan fingerprint density at radius 2 is 1.90 bits per heavy atom. The number of carboxylic acids is 1. The van der Waals surface area contributed by atoms with Gasteiger partial charge in [-0.1, -0.05) is 23.7 Å². The minimum Gasteiger partial charge on any atom is -0.478 e. The fourth-order valence-corrected chi connectivity index (χ4v) is 2.11. The van der Waals surface area contributed by atoms with Crippen LogP contribution in [0, 0.1) is 5.82 Å². The minimum atomic E-state index is -1.16. The number of ether oxygens (including phenoxy) is 1. The molecule has 2 rings (SSSR count). The third-order valence-electron chi connectivity index (χ3n) is 2.90. The van der Waals surface area contributed by atoms with Gasteiger partial charge in [-0.25, -0.2) is 14.0 Å². The zero-order valence-corrected chi connectivity index (χ0v) is 11.6. The number of hydrogen-bond acceptors (Lipinski definition) is 3. The average molecular weight is 309 g/mol. The number of methoxy groups -OCH3 is 1. The Kier molecular flexibility index (Phi) is 4.23. The molecule has 4 nitrogen and oxygen atoms in total. The number of halogens is 2. The second kappa shape index (κ2) is 5.93. The molecule has 108 valence electrons. The van der Waals surface area contributed by atoms with E-state index >= 15 is 0 Å². The van der Waals surface area contributed by atoms with Crippen molar-refractivity contribution in [1.82, 2.24) is 0 Å². The Bertz CT molecular complexity index is 728. The summed E-state index contributed by atoms with van der Waals surface area (Å²) in [7, 11) is 1.21. The largest absolute Gasteiger partial charge is 0.478 e. The van der Waals surface area contributed by atoms with E-state index in [2.05, 4.69) is 4.74 Å². The highest BCUT2D eigenvalue weighted by Gasteiger charge is 2.14. The highest BCUT2D eigenvalue weighted by Crippen LogP contribution is 2.28. The number of hydrogen-bond donors (Lipinski definition) is 1. The summed E-state index contributed by atoms with van der Waals surface area (Å²) >= 11 is 5.85. The van der Waals surface area contributed by atoms with E-state index in [1.165, 1.54) is 37.4 Å². The summed E-state index contributed by atoms with van der Waals surface area (Å²) in [5, 5.41) is 8.91. The summed E-state index contributed by atoms with van der Waals surface area (Å²) in [6.07, 6.45) is 0. The Labute approximate surface area is 124 Å². The molecular weight excluding hydrogens is 299 g/mol. The monoisotopic (exact) mass is 308 g/mol. The molecule has 1 N–H and O–H groups in total. The zero-order valence-electron chi connectivity index (χ0n) is 10.9. The SMILES string of the molecule is COC(=O)c1ccc(-c2ccc(C(=O)O)c(Cl)c2)c(F)c1. The number of carboxylic acid groups (broad SMARTS) is 1. The quantitative estimate of drug-likeness (QED) is 0.879. The zero-order chi connectivity index (χ0) is 15.6. The first-order valence-electron chi connectivity index (χ1n) is 5.85. The molecule has 0 atom stereocenters. The normalized spacial score (nSPS) is 10.2. The minimum absolute atomic E-state index is 0.0106. The maximum absolute atomic E-state index is 14.1. The number of esters is 1. The van der Waals surface area contributed by atoms with Gasteiger partial charge < -0.3 is 9.84 Å². The van der Waals surface area contributed by atoms with Gasteiger partial charge in [-0.2, -0.15) is 0 Å². The number of carbonyl (C=O) groups is 2. The highest BCUT2D eigenvalue weighted by molar-refractivity contribution is 6.33. The molecule has 0 aromatic heterocycles. The van der Waals surface area contributed by atoms with Crippen molar-refractivity contribution in [2.45, 2.75) is 0 Å². The van der Waals surface area contributed by atoms with Crippen molar-refractivity contribution in [2.24, 2.45) is 0 Å². The van der Waals surface area contributed by atoms with Crippen LogP contribution in [0.1, 0.15) is 20.7 Å². The Balaban J connectivity index is 2.45. The van der Waals surface area contributed by atoms with Crippen LogP contribution in [0.3, 0.4) is 0 Å². The molecule has 2 aromatic rings. The summed E-state index contributed by atoms with van der Waals surface area (Å²) in [6, 6.07) is 8.00. The average Bonchev–Trinajstić information content (AvgIpc) is 2.45. The molecule has 0 aliphatic carbocycles. The van der Waals surface area contributed by atoms with E-state index in [1.54, 1.807) is 0 Å². The van der Waals surface area contributed by atoms with E-state index in [0.717, 1.165) is 6.07 Å². The van der Waals surface area contributed by atoms with Gasteiger partial charge in [0.05, 0.1) is 23.3 Å². The van der Waals surface area contributed by atoms with Crippen LogP contribution in [0.5, 0.6) is 0 Å². The number of rotatable bonds is 3. The second-order valence-electron chi connectivity index (χ2n) is 4.19. The first kappa shape index (κ1) is 15.0. The van der Waals surface area contributed by atoms with Crippen LogP contribution in [-0.2, 0) is 4.74 Å². The van der Waals surface area contributed by atoms with Crippen molar-refractivity contribution >= 4 is 23.5 Å². The van der Waals surface area contributed by atoms with Gasteiger partial charge in [-0.15, -0.1) is 0 Å². The number of benzene rings is 2. The van der Waals surface area contributed by atoms with Crippen LogP contribution in [0.25, 0.3) is 11.1 Å². The van der Waals surface area contributed by atoms with Gasteiger partial charge in [0.2, 0.25) is 0 Å². The van der Waals surface area contributed by atoms with Crippen molar-refractivity contribution in [3.8, 4) is 11.1 Å². The van der Waals surface area contributed by atoms with Gasteiger partial charge in [-0.05, 0) is 29.8 Å². The fraction of sp³-hybridized carbons (Fsp3) is 0.0667. The molecule has 0 amide bonds. The summed E-state index contributed by atoms with van der Waals surface area (Å²) in [5.74, 6) is -2.43.